The first-order chi connectivity index (χ1) is 14.3. The van der Waals surface area contributed by atoms with Crippen molar-refractivity contribution in [2.45, 2.75) is 26.8 Å². The monoisotopic (exact) mass is 437 g/mol. The van der Waals surface area contributed by atoms with Gasteiger partial charge in [-0.2, -0.15) is 0 Å². The van der Waals surface area contributed by atoms with E-state index in [9.17, 15) is 14.7 Å². The lowest BCUT2D eigenvalue weighted by molar-refractivity contribution is -0.132. The van der Waals surface area contributed by atoms with Crippen LogP contribution < -0.4 is 4.90 Å². The van der Waals surface area contributed by atoms with Crippen molar-refractivity contribution >= 4 is 46.1 Å². The lowest BCUT2D eigenvalue weighted by Gasteiger charge is -2.26. The molecule has 1 N–H and O–H groups in total. The maximum Gasteiger partial charge on any atom is 0.300 e. The summed E-state index contributed by atoms with van der Waals surface area (Å²) in [6.45, 7) is 5.78. The van der Waals surface area contributed by atoms with Crippen molar-refractivity contribution in [3.8, 4) is 0 Å². The summed E-state index contributed by atoms with van der Waals surface area (Å²) in [6, 6.07) is 13.7. The fourth-order valence-corrected chi connectivity index (χ4v) is 4.67. The Morgan fingerprint density at radius 2 is 1.73 bits per heavy atom. The molecule has 1 saturated heterocycles. The number of rotatable bonds is 3. The smallest absolute Gasteiger partial charge is 0.300 e. The van der Waals surface area contributed by atoms with E-state index in [1.54, 1.807) is 18.2 Å². The van der Waals surface area contributed by atoms with Gasteiger partial charge in [-0.1, -0.05) is 35.9 Å². The minimum Gasteiger partial charge on any atom is -0.507 e. The number of carbonyl (C=O) groups is 2. The molecule has 1 unspecified atom stereocenters. The van der Waals surface area contributed by atoms with Crippen molar-refractivity contribution in [1.29, 1.82) is 0 Å². The Kier molecular flexibility index (Phi) is 5.26. The van der Waals surface area contributed by atoms with Gasteiger partial charge in [0.1, 0.15) is 11.8 Å². The summed E-state index contributed by atoms with van der Waals surface area (Å²) in [6.07, 6.45) is 0. The van der Waals surface area contributed by atoms with Gasteiger partial charge in [0.25, 0.3) is 11.7 Å². The molecule has 0 saturated carbocycles. The van der Waals surface area contributed by atoms with Crippen molar-refractivity contribution in [3.63, 3.8) is 0 Å². The highest BCUT2D eigenvalue weighted by Crippen LogP contribution is 2.44. The molecule has 0 aliphatic carbocycles. The Hall–Kier alpha value is -2.89. The molecule has 0 spiro atoms. The maximum atomic E-state index is 13.1. The molecule has 1 aromatic heterocycles. The number of halogens is 1. The molecule has 3 aromatic rings. The zero-order valence-electron chi connectivity index (χ0n) is 16.8. The average Bonchev–Trinajstić information content (AvgIpc) is 3.33. The fourth-order valence-electron chi connectivity index (χ4n) is 3.68. The van der Waals surface area contributed by atoms with Crippen LogP contribution >= 0.6 is 22.9 Å². The predicted molar refractivity (Wildman–Crippen MR) is 121 cm³/mol. The summed E-state index contributed by atoms with van der Waals surface area (Å²) in [7, 11) is 0. The number of thiophene rings is 1. The van der Waals surface area contributed by atoms with E-state index in [1.165, 1.54) is 16.2 Å². The number of amides is 1. The predicted octanol–water partition coefficient (Wildman–Crippen LogP) is 5.95. The number of aliphatic hydroxyl groups is 1. The van der Waals surface area contributed by atoms with E-state index in [0.29, 0.717) is 16.3 Å². The van der Waals surface area contributed by atoms with E-state index in [-0.39, 0.29) is 11.3 Å². The van der Waals surface area contributed by atoms with E-state index >= 15 is 0 Å². The van der Waals surface area contributed by atoms with Crippen molar-refractivity contribution < 1.29 is 14.7 Å². The normalized spacial score (nSPS) is 18.3. The van der Waals surface area contributed by atoms with Crippen LogP contribution in [0, 0.1) is 20.8 Å². The fraction of sp³-hybridized carbons (Fsp3) is 0.167. The largest absolute Gasteiger partial charge is 0.507 e. The Bertz CT molecular complexity index is 1200. The van der Waals surface area contributed by atoms with Crippen molar-refractivity contribution in [1.82, 2.24) is 0 Å². The Balaban J connectivity index is 1.96. The van der Waals surface area contributed by atoms with Crippen LogP contribution in [0.4, 0.5) is 5.69 Å². The van der Waals surface area contributed by atoms with Crippen molar-refractivity contribution in [2.24, 2.45) is 0 Å². The first-order valence-electron chi connectivity index (χ1n) is 9.47. The number of Topliss-reactive ketones (excluding diaryl/α,β-unsaturated/α-hetero) is 1. The quantitative estimate of drug-likeness (QED) is 0.313. The molecule has 152 valence electrons. The molecule has 1 aliphatic rings. The molecule has 2 aromatic carbocycles. The van der Waals surface area contributed by atoms with E-state index in [2.05, 4.69) is 0 Å². The highest BCUT2D eigenvalue weighted by molar-refractivity contribution is 7.10. The molecule has 30 heavy (non-hydrogen) atoms. The molecule has 1 amide bonds. The number of ketones is 1. The van der Waals surface area contributed by atoms with Crippen LogP contribution in [0.25, 0.3) is 5.76 Å². The number of carbonyl (C=O) groups excluding carboxylic acids is 2. The van der Waals surface area contributed by atoms with Gasteiger partial charge in [-0.25, -0.2) is 0 Å². The number of aliphatic hydroxyl groups excluding tert-OH is 1. The summed E-state index contributed by atoms with van der Waals surface area (Å²) in [5.74, 6) is -1.55. The molecule has 4 nitrogen and oxygen atoms in total. The van der Waals surface area contributed by atoms with Gasteiger partial charge in [0.2, 0.25) is 0 Å². The van der Waals surface area contributed by atoms with Crippen LogP contribution in [0.1, 0.15) is 33.2 Å². The summed E-state index contributed by atoms with van der Waals surface area (Å²) in [5, 5.41) is 13.5. The third-order valence-electron chi connectivity index (χ3n) is 5.47. The molecule has 1 atom stereocenters. The number of benzene rings is 2. The molecule has 0 bridgehead atoms. The summed E-state index contributed by atoms with van der Waals surface area (Å²) in [5.41, 5.74) is 4.05. The van der Waals surface area contributed by atoms with Gasteiger partial charge in [0.15, 0.2) is 0 Å². The Labute approximate surface area is 184 Å². The SMILES string of the molecule is Cc1ccc(/C(O)=C2/C(=O)C(=O)N(c3cc(Cl)ccc3C)C2c2cccs2)cc1C. The van der Waals surface area contributed by atoms with Gasteiger partial charge in [-0.05, 0) is 67.1 Å². The average molecular weight is 438 g/mol. The van der Waals surface area contributed by atoms with Gasteiger partial charge >= 0.3 is 0 Å². The molecule has 4 rings (SSSR count). The highest BCUT2D eigenvalue weighted by Gasteiger charge is 2.47. The zero-order chi connectivity index (χ0) is 21.6. The second kappa shape index (κ2) is 7.74. The van der Waals surface area contributed by atoms with E-state index in [1.807, 2.05) is 56.5 Å². The van der Waals surface area contributed by atoms with Gasteiger partial charge < -0.3 is 5.11 Å². The standard InChI is InChI=1S/C24H20ClNO3S/c1-13-6-8-16(11-15(13)3)22(27)20-21(19-5-4-10-30-19)26(24(29)23(20)28)18-12-17(25)9-7-14(18)2/h4-12,21,27H,1-3H3/b22-20-. The van der Waals surface area contributed by atoms with Crippen LogP contribution in [0.15, 0.2) is 59.5 Å². The number of anilines is 1. The zero-order valence-corrected chi connectivity index (χ0v) is 18.3. The maximum absolute atomic E-state index is 13.1. The number of nitrogens with zero attached hydrogens (tertiary/aromatic N) is 1. The van der Waals surface area contributed by atoms with Crippen LogP contribution in [0.3, 0.4) is 0 Å². The van der Waals surface area contributed by atoms with E-state index < -0.39 is 17.7 Å². The molecular formula is C24H20ClNO3S. The van der Waals surface area contributed by atoms with Gasteiger partial charge in [-0.15, -0.1) is 11.3 Å². The Morgan fingerprint density at radius 3 is 2.40 bits per heavy atom. The molecule has 1 aliphatic heterocycles. The minimum absolute atomic E-state index is 0.0880. The molecule has 2 heterocycles. The third kappa shape index (κ3) is 3.34. The second-order valence-corrected chi connectivity index (χ2v) is 8.83. The van der Waals surface area contributed by atoms with Crippen LogP contribution in [-0.2, 0) is 9.59 Å². The molecular weight excluding hydrogens is 418 g/mol. The second-order valence-electron chi connectivity index (χ2n) is 7.41. The summed E-state index contributed by atoms with van der Waals surface area (Å²) >= 11 is 7.63. The van der Waals surface area contributed by atoms with E-state index in [0.717, 1.165) is 21.6 Å². The van der Waals surface area contributed by atoms with Gasteiger partial charge in [0, 0.05) is 21.2 Å². The van der Waals surface area contributed by atoms with Crippen molar-refractivity contribution in [3.05, 3.63) is 91.6 Å². The summed E-state index contributed by atoms with van der Waals surface area (Å²) in [4.78, 5) is 28.5. The summed E-state index contributed by atoms with van der Waals surface area (Å²) < 4.78 is 0. The first kappa shape index (κ1) is 20.4. The lowest BCUT2D eigenvalue weighted by atomic mass is 9.97. The number of hydrogen-bond donors (Lipinski definition) is 1. The minimum atomic E-state index is -0.719. The van der Waals surface area contributed by atoms with E-state index in [4.69, 9.17) is 11.6 Å². The van der Waals surface area contributed by atoms with Crippen LogP contribution in [0.5, 0.6) is 0 Å². The van der Waals surface area contributed by atoms with Gasteiger partial charge in [0.05, 0.1) is 5.57 Å². The molecule has 1 fully saturated rings. The first-order valence-corrected chi connectivity index (χ1v) is 10.7. The molecule has 0 radical (unpaired) electrons. The Morgan fingerprint density at radius 1 is 1.00 bits per heavy atom. The van der Waals surface area contributed by atoms with Gasteiger partial charge in [-0.3, -0.25) is 14.5 Å². The molecule has 6 heteroatoms. The lowest BCUT2D eigenvalue weighted by Crippen LogP contribution is -2.29. The van der Waals surface area contributed by atoms with Crippen LogP contribution in [-0.4, -0.2) is 16.8 Å². The highest BCUT2D eigenvalue weighted by atomic mass is 35.5. The topological polar surface area (TPSA) is 57.6 Å². The third-order valence-corrected chi connectivity index (χ3v) is 6.63. The van der Waals surface area contributed by atoms with Crippen molar-refractivity contribution in [2.75, 3.05) is 4.90 Å². The number of hydrogen-bond acceptors (Lipinski definition) is 4. The number of aryl methyl sites for hydroxylation is 3. The van der Waals surface area contributed by atoms with Crippen LogP contribution in [0.2, 0.25) is 5.02 Å².